The Morgan fingerprint density at radius 3 is 2.48 bits per heavy atom. The molecule has 1 heterocycles. The van der Waals surface area contributed by atoms with Gasteiger partial charge in [-0.3, -0.25) is 19.5 Å². The van der Waals surface area contributed by atoms with Gasteiger partial charge < -0.3 is 20.9 Å². The lowest BCUT2D eigenvalue weighted by atomic mass is 10.1. The summed E-state index contributed by atoms with van der Waals surface area (Å²) < 4.78 is 5.48. The number of amides is 2. The van der Waals surface area contributed by atoms with Crippen molar-refractivity contribution in [3.63, 3.8) is 0 Å². The molecule has 0 radical (unpaired) electrons. The minimum absolute atomic E-state index is 0.0101. The number of carbonyl (C=O) groups is 3. The maximum absolute atomic E-state index is 12.7. The van der Waals surface area contributed by atoms with Gasteiger partial charge in [-0.15, -0.1) is 0 Å². The molecule has 9 heteroatoms. The number of nitrogens with zero attached hydrogens (tertiary/aromatic N) is 1. The third-order valence-electron chi connectivity index (χ3n) is 4.74. The van der Waals surface area contributed by atoms with Gasteiger partial charge in [-0.25, -0.2) is 0 Å². The number of aromatic nitrogens is 2. The molecule has 0 aliphatic carbocycles. The lowest BCUT2D eigenvalue weighted by Gasteiger charge is -2.15. The molecule has 5 N–H and O–H groups in total. The number of primary amides is 1. The maximum Gasteiger partial charge on any atom is 0.255 e. The van der Waals surface area contributed by atoms with Gasteiger partial charge in [0.2, 0.25) is 5.91 Å². The SMILES string of the molecule is COc1c(C(=O)NC(CO)C(N)=O)ccc2[nH]nc(/C=C/c3ccc(C(C)=O)cc3)c12. The number of rotatable bonds is 8. The second-order valence-electron chi connectivity index (χ2n) is 6.80. The van der Waals surface area contributed by atoms with Crippen LogP contribution < -0.4 is 15.8 Å². The van der Waals surface area contributed by atoms with Crippen molar-refractivity contribution in [2.75, 3.05) is 13.7 Å². The minimum Gasteiger partial charge on any atom is -0.495 e. The highest BCUT2D eigenvalue weighted by Gasteiger charge is 2.23. The molecule has 1 atom stereocenters. The van der Waals surface area contributed by atoms with Gasteiger partial charge in [-0.1, -0.05) is 30.3 Å². The molecular formula is C22H22N4O5. The van der Waals surface area contributed by atoms with E-state index < -0.39 is 24.5 Å². The molecule has 0 bridgehead atoms. The highest BCUT2D eigenvalue weighted by Crippen LogP contribution is 2.32. The number of benzene rings is 2. The Labute approximate surface area is 177 Å². The summed E-state index contributed by atoms with van der Waals surface area (Å²) >= 11 is 0. The normalized spacial score (nSPS) is 12.1. The lowest BCUT2D eigenvalue weighted by Crippen LogP contribution is -2.46. The van der Waals surface area contributed by atoms with E-state index in [0.717, 1.165) is 5.56 Å². The van der Waals surface area contributed by atoms with Crippen LogP contribution in [0.2, 0.25) is 0 Å². The number of ether oxygens (including phenoxy) is 1. The Hall–Kier alpha value is -3.98. The highest BCUT2D eigenvalue weighted by molar-refractivity contribution is 6.06. The minimum atomic E-state index is -1.21. The van der Waals surface area contributed by atoms with Crippen molar-refractivity contribution in [2.45, 2.75) is 13.0 Å². The quantitative estimate of drug-likeness (QED) is 0.405. The summed E-state index contributed by atoms with van der Waals surface area (Å²) in [4.78, 5) is 35.4. The topological polar surface area (TPSA) is 147 Å². The zero-order valence-corrected chi connectivity index (χ0v) is 17.0. The number of aliphatic hydroxyl groups excluding tert-OH is 1. The van der Waals surface area contributed by atoms with Gasteiger partial charge in [0.25, 0.3) is 5.91 Å². The molecule has 0 aliphatic heterocycles. The van der Waals surface area contributed by atoms with Gasteiger partial charge in [-0.05, 0) is 30.7 Å². The Balaban J connectivity index is 1.97. The average molecular weight is 422 g/mol. The number of Topliss-reactive ketones (excluding diaryl/α,β-unsaturated/α-hetero) is 1. The molecule has 0 fully saturated rings. The number of aliphatic hydroxyl groups is 1. The Morgan fingerprint density at radius 2 is 1.90 bits per heavy atom. The Bertz CT molecular complexity index is 1160. The molecule has 0 saturated carbocycles. The van der Waals surface area contributed by atoms with Crippen LogP contribution in [0.4, 0.5) is 0 Å². The van der Waals surface area contributed by atoms with Gasteiger partial charge in [0.05, 0.1) is 35.9 Å². The molecular weight excluding hydrogens is 400 g/mol. The first kappa shape index (κ1) is 21.7. The molecule has 0 spiro atoms. The first-order valence-corrected chi connectivity index (χ1v) is 9.41. The summed E-state index contributed by atoms with van der Waals surface area (Å²) in [6.45, 7) is 0.890. The van der Waals surface area contributed by atoms with E-state index in [2.05, 4.69) is 15.5 Å². The van der Waals surface area contributed by atoms with E-state index in [9.17, 15) is 19.5 Å². The Kier molecular flexibility index (Phi) is 6.46. The van der Waals surface area contributed by atoms with E-state index in [1.165, 1.54) is 20.1 Å². The predicted molar refractivity (Wildman–Crippen MR) is 116 cm³/mol. The smallest absolute Gasteiger partial charge is 0.255 e. The molecule has 0 aliphatic rings. The zero-order chi connectivity index (χ0) is 22.5. The van der Waals surface area contributed by atoms with E-state index in [1.807, 2.05) is 18.2 Å². The van der Waals surface area contributed by atoms with Crippen molar-refractivity contribution in [1.82, 2.24) is 15.5 Å². The average Bonchev–Trinajstić information content (AvgIpc) is 3.18. The van der Waals surface area contributed by atoms with Crippen molar-refractivity contribution >= 4 is 40.7 Å². The largest absolute Gasteiger partial charge is 0.495 e. The summed E-state index contributed by atoms with van der Waals surface area (Å²) in [7, 11) is 1.42. The molecule has 2 amide bonds. The van der Waals surface area contributed by atoms with Crippen LogP contribution in [-0.4, -0.2) is 52.7 Å². The molecule has 1 unspecified atom stereocenters. The number of nitrogens with two attached hydrogens (primary N) is 1. The van der Waals surface area contributed by atoms with E-state index in [-0.39, 0.29) is 17.1 Å². The zero-order valence-electron chi connectivity index (χ0n) is 17.0. The van der Waals surface area contributed by atoms with E-state index >= 15 is 0 Å². The number of nitrogens with one attached hydrogen (secondary N) is 2. The number of hydrogen-bond acceptors (Lipinski definition) is 6. The standard InChI is InChI=1S/C22H22N4O5/c1-12(28)14-6-3-13(4-7-14)5-9-16-19-17(26-25-16)10-8-15(20(19)31-2)22(30)24-18(11-27)21(23)29/h3-10,18,27H,11H2,1-2H3,(H2,23,29)(H,24,30)(H,25,26)/b9-5+. The molecule has 3 rings (SSSR count). The molecule has 31 heavy (non-hydrogen) atoms. The van der Waals surface area contributed by atoms with Crippen LogP contribution in [0.15, 0.2) is 36.4 Å². The fourth-order valence-corrected chi connectivity index (χ4v) is 3.06. The molecule has 1 aromatic heterocycles. The fraction of sp³-hybridized carbons (Fsp3) is 0.182. The van der Waals surface area contributed by atoms with Crippen molar-refractivity contribution in [3.8, 4) is 5.75 Å². The van der Waals surface area contributed by atoms with Gasteiger partial charge in [0.15, 0.2) is 5.78 Å². The number of hydrogen-bond donors (Lipinski definition) is 4. The van der Waals surface area contributed by atoms with Crippen molar-refractivity contribution < 1.29 is 24.2 Å². The third kappa shape index (κ3) is 4.62. The number of methoxy groups -OCH3 is 1. The lowest BCUT2D eigenvalue weighted by molar-refractivity contribution is -0.120. The van der Waals surface area contributed by atoms with Crippen LogP contribution in [0, 0.1) is 0 Å². The first-order chi connectivity index (χ1) is 14.8. The summed E-state index contributed by atoms with van der Waals surface area (Å²) in [5.74, 6) is -1.22. The molecule has 3 aromatic rings. The summed E-state index contributed by atoms with van der Waals surface area (Å²) in [6, 6.07) is 9.09. The van der Waals surface area contributed by atoms with Crippen LogP contribution in [0.5, 0.6) is 5.75 Å². The van der Waals surface area contributed by atoms with Gasteiger partial charge >= 0.3 is 0 Å². The Morgan fingerprint density at radius 1 is 1.19 bits per heavy atom. The number of aromatic amines is 1. The molecule has 160 valence electrons. The van der Waals surface area contributed by atoms with E-state index in [1.54, 1.807) is 24.3 Å². The predicted octanol–water partition coefficient (Wildman–Crippen LogP) is 1.52. The van der Waals surface area contributed by atoms with Crippen LogP contribution >= 0.6 is 0 Å². The monoisotopic (exact) mass is 422 g/mol. The number of fused-ring (bicyclic) bond motifs is 1. The number of carbonyl (C=O) groups excluding carboxylic acids is 3. The summed E-state index contributed by atoms with van der Waals surface area (Å²) in [5.41, 5.74) is 8.00. The van der Waals surface area contributed by atoms with Crippen LogP contribution in [-0.2, 0) is 4.79 Å². The van der Waals surface area contributed by atoms with Crippen molar-refractivity contribution in [2.24, 2.45) is 5.73 Å². The summed E-state index contributed by atoms with van der Waals surface area (Å²) in [5, 5.41) is 19.4. The first-order valence-electron chi connectivity index (χ1n) is 9.41. The number of H-pyrrole nitrogens is 1. The van der Waals surface area contributed by atoms with Crippen LogP contribution in [0.1, 0.15) is 38.9 Å². The summed E-state index contributed by atoms with van der Waals surface area (Å²) in [6.07, 6.45) is 3.58. The van der Waals surface area contributed by atoms with Gasteiger partial charge in [0.1, 0.15) is 11.8 Å². The van der Waals surface area contributed by atoms with E-state index in [0.29, 0.717) is 22.2 Å². The molecule has 9 nitrogen and oxygen atoms in total. The second-order valence-corrected chi connectivity index (χ2v) is 6.80. The molecule has 0 saturated heterocycles. The highest BCUT2D eigenvalue weighted by atomic mass is 16.5. The fourth-order valence-electron chi connectivity index (χ4n) is 3.06. The van der Waals surface area contributed by atoms with Gasteiger partial charge in [-0.2, -0.15) is 5.10 Å². The third-order valence-corrected chi connectivity index (χ3v) is 4.74. The van der Waals surface area contributed by atoms with Gasteiger partial charge in [0, 0.05) is 5.56 Å². The van der Waals surface area contributed by atoms with Crippen LogP contribution in [0.3, 0.4) is 0 Å². The second kappa shape index (κ2) is 9.23. The van der Waals surface area contributed by atoms with E-state index in [4.69, 9.17) is 10.5 Å². The van der Waals surface area contributed by atoms with Crippen molar-refractivity contribution in [3.05, 3.63) is 58.8 Å². The molecule has 2 aromatic carbocycles. The van der Waals surface area contributed by atoms with Crippen LogP contribution in [0.25, 0.3) is 23.1 Å². The maximum atomic E-state index is 12.7. The number of ketones is 1. The van der Waals surface area contributed by atoms with Crippen molar-refractivity contribution in [1.29, 1.82) is 0 Å².